The second kappa shape index (κ2) is 47.0. The molecule has 11 aliphatic heterocycles. The van der Waals surface area contributed by atoms with Crippen molar-refractivity contribution in [3.8, 4) is 0 Å². The van der Waals surface area contributed by atoms with Gasteiger partial charge in [-0.05, 0) is 13.8 Å². The van der Waals surface area contributed by atoms with E-state index in [0.29, 0.717) is 0 Å². The Morgan fingerprint density at radius 3 is 0.856 bits per heavy atom. The van der Waals surface area contributed by atoms with Crippen LogP contribution in [0, 0.1) is 0 Å². The fourth-order valence-corrected chi connectivity index (χ4v) is 17.2. The van der Waals surface area contributed by atoms with Gasteiger partial charge in [0.15, 0.2) is 69.2 Å². The normalized spacial score (nSPS) is 50.4. The Kier molecular flexibility index (Phi) is 38.5. The standard InChI is InChI=1S/C74H124N4O54/c1-16-35(90)46(101)52(107)68(114-16)112-15-30-59(42(97)31(64(111)116-30)75-18(3)86)125-65-32(76-19(4)87)43(98)57(27(12-84)121-65)127-71-55(110)60(41(96)29(124-71)14-113-72-61(49(104)38(93)23(8-80)118-72)130-66-33(77-20(5)88)44(99)56(26(11-83)122-66)126-70-54(109)48(103)37(92)22(7-79)117-70)129-74-62(50(105)39(94)25(10-82)120-74)131-67-34(78-21(6)89)45(100)58(28(13-85)123-67)128-73-63(51(106)40(95)24(9-81)119-73)132-69-53(108)47(102)36(91)17(2)115-69/h16-17,22-74,79-85,90-111H,7-15H2,1-6H3,(H,75,86)(H,76,87)(H,77,88)(H,78,89)/t16-,17-,22+,23+,24+,25+,26+,27+,28+,29+,30+,31+,32+,33+,34+,35+,36+,37-,38+,39+,40-,41+,42+,43+,44+,45+,46+,47+,48-,49-,50-,51-,52-,53-,54+,55-,56+,57+,58+,59+,60-,61-,62-,63+,64+,65-,66-,67-,68+,69-,70-,71-,72-,73-,74+/m0/s1. The highest BCUT2D eigenvalue weighted by Gasteiger charge is 2.63. The van der Waals surface area contributed by atoms with Crippen LogP contribution < -0.4 is 21.3 Å². The molecule has 55 atom stereocenters. The minimum Gasteiger partial charge on any atom is -0.394 e. The van der Waals surface area contributed by atoms with Crippen LogP contribution in [0.1, 0.15) is 41.5 Å². The van der Waals surface area contributed by atoms with Gasteiger partial charge >= 0.3 is 0 Å². The monoisotopic (exact) mass is 1930 g/mol. The molecule has 0 aromatic rings. The van der Waals surface area contributed by atoms with Crippen LogP contribution in [0.3, 0.4) is 0 Å². The topological polar surface area (TPSA) is 897 Å². The zero-order chi connectivity index (χ0) is 97.1. The lowest BCUT2D eigenvalue weighted by molar-refractivity contribution is -0.401. The Bertz CT molecular complexity index is 3610. The molecule has 11 rings (SSSR count). The van der Waals surface area contributed by atoms with E-state index in [0.717, 1.165) is 27.7 Å². The third kappa shape index (κ3) is 23.7. The molecule has 11 fully saturated rings. The quantitative estimate of drug-likeness (QED) is 0.0290. The number of rotatable bonds is 33. The van der Waals surface area contributed by atoms with Crippen LogP contribution in [0.4, 0.5) is 0 Å². The summed E-state index contributed by atoms with van der Waals surface area (Å²) in [7, 11) is 0. The van der Waals surface area contributed by atoms with Gasteiger partial charge < -0.3 is 269 Å². The first-order chi connectivity index (χ1) is 62.4. The molecule has 58 nitrogen and oxygen atoms in total. The van der Waals surface area contributed by atoms with Crippen LogP contribution in [-0.4, -0.2) is 569 Å². The number of carbonyl (C=O) groups excluding carboxylic acids is 4. The van der Waals surface area contributed by atoms with Crippen LogP contribution in [0.15, 0.2) is 0 Å². The summed E-state index contributed by atoms with van der Waals surface area (Å²) in [5.74, 6) is -3.85. The van der Waals surface area contributed by atoms with Crippen LogP contribution in [0.25, 0.3) is 0 Å². The van der Waals surface area contributed by atoms with Crippen molar-refractivity contribution in [2.24, 2.45) is 0 Å². The molecule has 764 valence electrons. The predicted molar refractivity (Wildman–Crippen MR) is 406 cm³/mol. The van der Waals surface area contributed by atoms with E-state index in [4.69, 9.17) is 99.5 Å². The van der Waals surface area contributed by atoms with Gasteiger partial charge in [-0.25, -0.2) is 0 Å². The Morgan fingerprint density at radius 2 is 0.462 bits per heavy atom. The van der Waals surface area contributed by atoms with Crippen molar-refractivity contribution in [2.45, 2.75) is 379 Å². The highest BCUT2D eigenvalue weighted by molar-refractivity contribution is 5.74. The molecular weight excluding hydrogens is 1810 g/mol. The third-order valence-electron chi connectivity index (χ3n) is 24.5. The molecule has 33 N–H and O–H groups in total. The van der Waals surface area contributed by atoms with Crippen molar-refractivity contribution in [1.29, 1.82) is 0 Å². The number of carbonyl (C=O) groups is 4. The van der Waals surface area contributed by atoms with Crippen LogP contribution in [0.5, 0.6) is 0 Å². The average Bonchev–Trinajstić information content (AvgIpc) is 0.771. The fourth-order valence-electron chi connectivity index (χ4n) is 17.2. The van der Waals surface area contributed by atoms with Crippen LogP contribution >= 0.6 is 0 Å². The lowest BCUT2D eigenvalue weighted by Gasteiger charge is -2.51. The van der Waals surface area contributed by atoms with Crippen LogP contribution in [0.2, 0.25) is 0 Å². The van der Waals surface area contributed by atoms with Gasteiger partial charge in [0.2, 0.25) is 23.6 Å². The van der Waals surface area contributed by atoms with E-state index in [9.17, 15) is 167 Å². The maximum atomic E-state index is 13.3. The van der Waals surface area contributed by atoms with Crippen molar-refractivity contribution >= 4 is 23.6 Å². The summed E-state index contributed by atoms with van der Waals surface area (Å²) < 4.78 is 125. The number of ether oxygens (including phenoxy) is 21. The Hall–Kier alpha value is -4.12. The Labute approximate surface area is 748 Å². The SMILES string of the molecule is CC(=O)N[C@@H]1[C@@H](O)[C@H](O[C@@H]2O[C@H](CO)[C@@H](O[C@@H]3O[C@H](CO[C@H]4O[C@H](CO)[C@@H](O)[C@H](O)[C@@H]4O[C@@H]4O[C@H](CO)[C@@H](O[C@@H]5O[C@H](CO)[C@H](O)[C@H](O)[C@H]5O)[C@H](O)[C@H]4NC(C)=O)[C@@H](O)[C@H](O[C@H]4O[C@H](CO)[C@@H](O)[C@H](O)[C@@H]4O[C@@H]4O[C@H](CO)[C@@H](O[C@@H]5O[C@H](CO)[C@H](O)[C@H](O)[C@H]5O[C@@H]5O[C@@H](C)[C@@H](O)[C@@H](O)[C@@H]5O)[C@H](O)[C@H]4NC(C)=O)[C@@H]3O)[C@H](O)[C@H]2NC(C)=O)[C@@H](CO[C@@H]2O[C@@H](C)[C@@H](O)[C@@H](O)[C@@H]2O)O[C@H]1O. The zero-order valence-corrected chi connectivity index (χ0v) is 71.3. The number of nitrogens with one attached hydrogen (secondary N) is 4. The molecule has 0 spiro atoms. The first-order valence-electron chi connectivity index (χ1n) is 42.4. The molecule has 0 aliphatic carbocycles. The molecule has 11 heterocycles. The predicted octanol–water partition coefficient (Wildman–Crippen LogP) is -22.3. The second-order valence-electron chi connectivity index (χ2n) is 33.8. The van der Waals surface area contributed by atoms with E-state index in [1.807, 2.05) is 0 Å². The summed E-state index contributed by atoms with van der Waals surface area (Å²) in [4.78, 5) is 52.1. The molecule has 0 unspecified atom stereocenters. The van der Waals surface area contributed by atoms with E-state index >= 15 is 0 Å². The molecule has 0 aromatic heterocycles. The van der Waals surface area contributed by atoms with E-state index in [-0.39, 0.29) is 0 Å². The van der Waals surface area contributed by atoms with Crippen LogP contribution in [-0.2, 0) is 119 Å². The molecule has 4 amide bonds. The average molecular weight is 1930 g/mol. The van der Waals surface area contributed by atoms with E-state index in [1.165, 1.54) is 13.8 Å². The van der Waals surface area contributed by atoms with Gasteiger partial charge in [0, 0.05) is 27.7 Å². The highest BCUT2D eigenvalue weighted by atomic mass is 16.8. The van der Waals surface area contributed by atoms with Crippen molar-refractivity contribution in [3.05, 3.63) is 0 Å². The van der Waals surface area contributed by atoms with Crippen molar-refractivity contribution in [1.82, 2.24) is 21.3 Å². The van der Waals surface area contributed by atoms with Gasteiger partial charge in [-0.1, -0.05) is 0 Å². The van der Waals surface area contributed by atoms with Gasteiger partial charge in [0.05, 0.1) is 71.7 Å². The minimum atomic E-state index is -2.67. The first-order valence-corrected chi connectivity index (χ1v) is 42.4. The van der Waals surface area contributed by atoms with E-state index in [1.54, 1.807) is 0 Å². The van der Waals surface area contributed by atoms with Gasteiger partial charge in [-0.2, -0.15) is 0 Å². The largest absolute Gasteiger partial charge is 0.394 e. The van der Waals surface area contributed by atoms with E-state index < -0.39 is 421 Å². The maximum Gasteiger partial charge on any atom is 0.217 e. The highest BCUT2D eigenvalue weighted by Crippen LogP contribution is 2.42. The summed E-state index contributed by atoms with van der Waals surface area (Å²) in [6.45, 7) is -3.95. The molecular formula is C74H124N4O54. The zero-order valence-electron chi connectivity index (χ0n) is 71.3. The number of aliphatic hydroxyl groups is 29. The lowest BCUT2D eigenvalue weighted by Crippen LogP contribution is -2.71. The number of hydrogen-bond acceptors (Lipinski definition) is 54. The fraction of sp³-hybridized carbons (Fsp3) is 0.946. The summed E-state index contributed by atoms with van der Waals surface area (Å²) >= 11 is 0. The van der Waals surface area contributed by atoms with Gasteiger partial charge in [-0.3, -0.25) is 19.2 Å². The summed E-state index contributed by atoms with van der Waals surface area (Å²) in [6, 6.07) is -7.85. The first kappa shape index (κ1) is 108. The minimum absolute atomic E-state index is 0.857. The van der Waals surface area contributed by atoms with Crippen molar-refractivity contribution in [2.75, 3.05) is 59.5 Å². The summed E-state index contributed by atoms with van der Waals surface area (Å²) in [5, 5.41) is 335. The van der Waals surface area contributed by atoms with Gasteiger partial charge in [-0.15, -0.1) is 0 Å². The summed E-state index contributed by atoms with van der Waals surface area (Å²) in [5.41, 5.74) is 0. The molecule has 11 saturated heterocycles. The lowest BCUT2D eigenvalue weighted by atomic mass is 9.93. The molecule has 132 heavy (non-hydrogen) atoms. The molecule has 58 heteroatoms. The molecule has 0 aromatic carbocycles. The van der Waals surface area contributed by atoms with Gasteiger partial charge in [0.1, 0.15) is 256 Å². The van der Waals surface area contributed by atoms with E-state index in [2.05, 4.69) is 21.3 Å². The molecule has 0 saturated carbocycles. The number of aliphatic hydroxyl groups excluding tert-OH is 29. The number of amides is 4. The Balaban J connectivity index is 0.923. The van der Waals surface area contributed by atoms with Crippen molar-refractivity contribution < 1.29 is 267 Å². The molecule has 11 aliphatic rings. The second-order valence-corrected chi connectivity index (χ2v) is 33.8. The smallest absolute Gasteiger partial charge is 0.217 e. The maximum absolute atomic E-state index is 13.3. The summed E-state index contributed by atoms with van der Waals surface area (Å²) in [6.07, 6.45) is -106. The Morgan fingerprint density at radius 1 is 0.212 bits per heavy atom. The molecule has 0 radical (unpaired) electrons. The van der Waals surface area contributed by atoms with Gasteiger partial charge in [0.25, 0.3) is 0 Å². The van der Waals surface area contributed by atoms with Crippen molar-refractivity contribution in [3.63, 3.8) is 0 Å². The molecule has 0 bridgehead atoms. The number of hydrogen-bond donors (Lipinski definition) is 33. The third-order valence-corrected chi connectivity index (χ3v) is 24.5.